The molecular weight excluding hydrogens is 298 g/mol. The number of hydrogen-bond donors (Lipinski definition) is 2. The molecule has 3 nitrogen and oxygen atoms in total. The maximum atomic E-state index is 13.7. The van der Waals surface area contributed by atoms with Crippen LogP contribution in [0, 0.1) is 17.6 Å². The number of rotatable bonds is 6. The third-order valence-electron chi connectivity index (χ3n) is 3.12. The van der Waals surface area contributed by atoms with Crippen LogP contribution in [0.25, 0.3) is 0 Å². The van der Waals surface area contributed by atoms with E-state index in [1.54, 1.807) is 0 Å². The van der Waals surface area contributed by atoms with Gasteiger partial charge in [0, 0.05) is 11.6 Å². The Labute approximate surface area is 130 Å². The summed E-state index contributed by atoms with van der Waals surface area (Å²) in [6.07, 6.45) is 1.07. The van der Waals surface area contributed by atoms with Gasteiger partial charge in [0.05, 0.1) is 12.1 Å². The topological polar surface area (TPSA) is 55.1 Å². The minimum atomic E-state index is -0.658. The first kappa shape index (κ1) is 19.8. The normalized spacial score (nSPS) is 13.5. The van der Waals surface area contributed by atoms with E-state index in [0.29, 0.717) is 18.8 Å². The molecule has 0 radical (unpaired) electrons. The van der Waals surface area contributed by atoms with Crippen LogP contribution in [0.3, 0.4) is 0 Å². The van der Waals surface area contributed by atoms with E-state index in [2.05, 4.69) is 5.32 Å². The van der Waals surface area contributed by atoms with Crippen molar-refractivity contribution in [2.45, 2.75) is 45.7 Å². The Morgan fingerprint density at radius 1 is 1.33 bits per heavy atom. The zero-order chi connectivity index (χ0) is 15.3. The van der Waals surface area contributed by atoms with Crippen LogP contribution in [0.4, 0.5) is 8.78 Å². The number of carbonyl (C=O) groups is 1. The zero-order valence-corrected chi connectivity index (χ0v) is 13.3. The summed E-state index contributed by atoms with van der Waals surface area (Å²) < 4.78 is 26.6. The third kappa shape index (κ3) is 5.98. The van der Waals surface area contributed by atoms with Crippen molar-refractivity contribution in [2.75, 3.05) is 0 Å². The molecule has 0 saturated carbocycles. The van der Waals surface area contributed by atoms with Gasteiger partial charge in [0.15, 0.2) is 0 Å². The number of nitrogens with two attached hydrogens (primary N) is 1. The number of carbonyl (C=O) groups excluding carboxylic acids is 1. The molecule has 2 atom stereocenters. The van der Waals surface area contributed by atoms with Gasteiger partial charge in [0.2, 0.25) is 5.91 Å². The van der Waals surface area contributed by atoms with E-state index in [1.165, 1.54) is 12.1 Å². The average molecular weight is 321 g/mol. The summed E-state index contributed by atoms with van der Waals surface area (Å²) in [4.78, 5) is 12.0. The number of amides is 1. The minimum Gasteiger partial charge on any atom is -0.348 e. The molecule has 0 spiro atoms. The van der Waals surface area contributed by atoms with Gasteiger partial charge in [-0.1, -0.05) is 26.8 Å². The van der Waals surface area contributed by atoms with Crippen LogP contribution in [0.15, 0.2) is 18.2 Å². The van der Waals surface area contributed by atoms with Gasteiger partial charge in [0.1, 0.15) is 11.6 Å². The molecule has 0 aliphatic heterocycles. The molecular formula is C15H23ClF2N2O. The lowest BCUT2D eigenvalue weighted by molar-refractivity contribution is -0.123. The predicted molar refractivity (Wildman–Crippen MR) is 82.2 cm³/mol. The highest BCUT2D eigenvalue weighted by atomic mass is 35.5. The Morgan fingerprint density at radius 3 is 2.43 bits per heavy atom. The molecule has 3 N–H and O–H groups in total. The van der Waals surface area contributed by atoms with Crippen LogP contribution in [0.1, 0.15) is 45.2 Å². The first-order valence-electron chi connectivity index (χ1n) is 6.86. The van der Waals surface area contributed by atoms with Gasteiger partial charge in [-0.25, -0.2) is 8.78 Å². The van der Waals surface area contributed by atoms with Crippen molar-refractivity contribution < 1.29 is 13.6 Å². The Bertz CT molecular complexity index is 469. The average Bonchev–Trinajstić information content (AvgIpc) is 2.35. The Kier molecular flexibility index (Phi) is 8.44. The number of halogens is 3. The van der Waals surface area contributed by atoms with Gasteiger partial charge < -0.3 is 11.1 Å². The molecule has 1 aromatic rings. The molecule has 0 fully saturated rings. The number of nitrogens with one attached hydrogen (secondary N) is 1. The molecule has 120 valence electrons. The lowest BCUT2D eigenvalue weighted by Crippen LogP contribution is -2.43. The Balaban J connectivity index is 0.00000400. The number of hydrogen-bond acceptors (Lipinski definition) is 2. The van der Waals surface area contributed by atoms with Gasteiger partial charge >= 0.3 is 0 Å². The maximum Gasteiger partial charge on any atom is 0.237 e. The standard InChI is InChI=1S/C15H22F2N2O.ClH/c1-4-14(11-6-5-10(16)8-12(11)17)19-15(20)13(18)7-9(2)3;/h5-6,8-9,13-14H,4,7,18H2,1-3H3,(H,19,20);1H/t13-,14?;/m0./s1. The fourth-order valence-corrected chi connectivity index (χ4v) is 2.08. The maximum absolute atomic E-state index is 13.7. The Morgan fingerprint density at radius 2 is 1.95 bits per heavy atom. The molecule has 0 aromatic heterocycles. The van der Waals surface area contributed by atoms with Crippen LogP contribution in [0.5, 0.6) is 0 Å². The van der Waals surface area contributed by atoms with E-state index in [1.807, 2.05) is 20.8 Å². The van der Waals surface area contributed by atoms with Crippen LogP contribution in [-0.2, 0) is 4.79 Å². The van der Waals surface area contributed by atoms with Gasteiger partial charge in [-0.2, -0.15) is 0 Å². The molecule has 1 amide bonds. The zero-order valence-electron chi connectivity index (χ0n) is 12.5. The van der Waals surface area contributed by atoms with Crippen molar-refractivity contribution in [3.63, 3.8) is 0 Å². The second-order valence-electron chi connectivity index (χ2n) is 5.37. The largest absolute Gasteiger partial charge is 0.348 e. The second kappa shape index (κ2) is 8.95. The van der Waals surface area contributed by atoms with E-state index in [4.69, 9.17) is 5.73 Å². The monoisotopic (exact) mass is 320 g/mol. The molecule has 1 aromatic carbocycles. The van der Waals surface area contributed by atoms with E-state index in [9.17, 15) is 13.6 Å². The fourth-order valence-electron chi connectivity index (χ4n) is 2.08. The molecule has 0 aliphatic carbocycles. The highest BCUT2D eigenvalue weighted by Crippen LogP contribution is 2.21. The van der Waals surface area contributed by atoms with Crippen molar-refractivity contribution in [3.05, 3.63) is 35.4 Å². The van der Waals surface area contributed by atoms with Crippen LogP contribution in [-0.4, -0.2) is 11.9 Å². The molecule has 21 heavy (non-hydrogen) atoms. The van der Waals surface area contributed by atoms with Crippen LogP contribution in [0.2, 0.25) is 0 Å². The van der Waals surface area contributed by atoms with Crippen molar-refractivity contribution in [1.29, 1.82) is 0 Å². The smallest absolute Gasteiger partial charge is 0.237 e. The van der Waals surface area contributed by atoms with Crippen molar-refractivity contribution in [3.8, 4) is 0 Å². The summed E-state index contributed by atoms with van der Waals surface area (Å²) in [6, 6.07) is 2.24. The molecule has 0 bridgehead atoms. The molecule has 0 heterocycles. The lowest BCUT2D eigenvalue weighted by atomic mass is 10.0. The highest BCUT2D eigenvalue weighted by Gasteiger charge is 2.21. The summed E-state index contributed by atoms with van der Waals surface area (Å²) in [6.45, 7) is 5.77. The second-order valence-corrected chi connectivity index (χ2v) is 5.37. The minimum absolute atomic E-state index is 0. The van der Waals surface area contributed by atoms with Crippen molar-refractivity contribution >= 4 is 18.3 Å². The molecule has 0 saturated heterocycles. The molecule has 1 rings (SSSR count). The first-order chi connectivity index (χ1) is 9.35. The van der Waals surface area contributed by atoms with Crippen LogP contribution < -0.4 is 11.1 Å². The summed E-state index contributed by atoms with van der Waals surface area (Å²) in [5.74, 6) is -1.30. The van der Waals surface area contributed by atoms with Crippen LogP contribution >= 0.6 is 12.4 Å². The Hall–Kier alpha value is -1.20. The van der Waals surface area contributed by atoms with Gasteiger partial charge in [-0.3, -0.25) is 4.79 Å². The van der Waals surface area contributed by atoms with E-state index in [0.717, 1.165) is 6.07 Å². The van der Waals surface area contributed by atoms with Gasteiger partial charge in [0.25, 0.3) is 0 Å². The summed E-state index contributed by atoms with van der Waals surface area (Å²) in [5.41, 5.74) is 6.07. The molecule has 1 unspecified atom stereocenters. The predicted octanol–water partition coefficient (Wildman–Crippen LogP) is 3.33. The summed E-state index contributed by atoms with van der Waals surface area (Å²) in [7, 11) is 0. The first-order valence-corrected chi connectivity index (χ1v) is 6.86. The van der Waals surface area contributed by atoms with Crippen molar-refractivity contribution in [1.82, 2.24) is 5.32 Å². The van der Waals surface area contributed by atoms with Gasteiger partial charge in [-0.15, -0.1) is 12.4 Å². The number of benzene rings is 1. The quantitative estimate of drug-likeness (QED) is 0.844. The van der Waals surface area contributed by atoms with E-state index >= 15 is 0 Å². The van der Waals surface area contributed by atoms with E-state index < -0.39 is 23.7 Å². The SMILES string of the molecule is CCC(NC(=O)[C@@H](N)CC(C)C)c1ccc(F)cc1F.Cl. The summed E-state index contributed by atoms with van der Waals surface area (Å²) >= 11 is 0. The van der Waals surface area contributed by atoms with Gasteiger partial charge in [-0.05, 0) is 24.8 Å². The van der Waals surface area contributed by atoms with Crippen molar-refractivity contribution in [2.24, 2.45) is 11.7 Å². The van der Waals surface area contributed by atoms with E-state index in [-0.39, 0.29) is 23.9 Å². The fraction of sp³-hybridized carbons (Fsp3) is 0.533. The lowest BCUT2D eigenvalue weighted by Gasteiger charge is -2.21. The molecule has 6 heteroatoms. The highest BCUT2D eigenvalue weighted by molar-refractivity contribution is 5.85. The molecule has 0 aliphatic rings. The third-order valence-corrected chi connectivity index (χ3v) is 3.12. The summed E-state index contributed by atoms with van der Waals surface area (Å²) in [5, 5.41) is 2.72.